The number of allylic oxidation sites excluding steroid dienone is 1. The van der Waals surface area contributed by atoms with Crippen molar-refractivity contribution in [2.75, 3.05) is 5.73 Å². The molecule has 0 saturated carbocycles. The topological polar surface area (TPSA) is 84.9 Å². The molecule has 0 unspecified atom stereocenters. The number of hydrogen-bond donors (Lipinski definition) is 3. The first-order valence-corrected chi connectivity index (χ1v) is 5.73. The van der Waals surface area contributed by atoms with Gasteiger partial charge in [0.25, 0.3) is 0 Å². The van der Waals surface area contributed by atoms with Crippen molar-refractivity contribution in [2.45, 2.75) is 6.42 Å². The van der Waals surface area contributed by atoms with Crippen LogP contribution in [0.15, 0.2) is 35.9 Å². The number of fused-ring (bicyclic) bond motifs is 3. The second-order valence-corrected chi connectivity index (χ2v) is 4.39. The third kappa shape index (κ3) is 1.59. The summed E-state index contributed by atoms with van der Waals surface area (Å²) in [5.41, 5.74) is 15.4. The molecule has 18 heavy (non-hydrogen) atoms. The SMILES string of the molecule is NC(=O)C1=Cc2[nH]c3cc(N)ccc3c2CC=C1. The highest BCUT2D eigenvalue weighted by Crippen LogP contribution is 2.28. The molecule has 0 saturated heterocycles. The standard InChI is InChI=1S/C14H13N3O/c15-9-4-5-11-10-3-1-2-8(14(16)18)6-12(10)17-13(11)7-9/h1-2,4-7,17H,3,15H2,(H2,16,18). The molecule has 0 aliphatic heterocycles. The Balaban J connectivity index is 2.26. The van der Waals surface area contributed by atoms with E-state index in [0.29, 0.717) is 11.3 Å². The monoisotopic (exact) mass is 239 g/mol. The molecule has 1 amide bonds. The van der Waals surface area contributed by atoms with Crippen molar-refractivity contribution in [1.82, 2.24) is 4.98 Å². The molecular weight excluding hydrogens is 226 g/mol. The first-order chi connectivity index (χ1) is 8.65. The van der Waals surface area contributed by atoms with Crippen LogP contribution in [0.25, 0.3) is 17.0 Å². The zero-order valence-corrected chi connectivity index (χ0v) is 9.73. The summed E-state index contributed by atoms with van der Waals surface area (Å²) in [6, 6.07) is 5.77. The Labute approximate surface area is 104 Å². The molecule has 3 rings (SSSR count). The van der Waals surface area contributed by atoms with E-state index in [0.717, 1.165) is 28.6 Å². The maximum absolute atomic E-state index is 11.3. The maximum atomic E-state index is 11.3. The predicted octanol–water partition coefficient (Wildman–Crippen LogP) is 1.73. The Morgan fingerprint density at radius 1 is 1.33 bits per heavy atom. The minimum atomic E-state index is -0.419. The number of H-pyrrole nitrogens is 1. The van der Waals surface area contributed by atoms with Gasteiger partial charge in [0, 0.05) is 27.9 Å². The summed E-state index contributed by atoms with van der Waals surface area (Å²) >= 11 is 0. The number of benzene rings is 1. The molecule has 1 aromatic carbocycles. The molecule has 0 fully saturated rings. The molecule has 0 spiro atoms. The van der Waals surface area contributed by atoms with Crippen LogP contribution in [0.3, 0.4) is 0 Å². The number of carbonyl (C=O) groups is 1. The van der Waals surface area contributed by atoms with E-state index >= 15 is 0 Å². The largest absolute Gasteiger partial charge is 0.399 e. The summed E-state index contributed by atoms with van der Waals surface area (Å²) in [4.78, 5) is 14.5. The van der Waals surface area contributed by atoms with Gasteiger partial charge in [-0.3, -0.25) is 4.79 Å². The van der Waals surface area contributed by atoms with E-state index in [-0.39, 0.29) is 0 Å². The molecule has 0 radical (unpaired) electrons. The van der Waals surface area contributed by atoms with Crippen LogP contribution >= 0.6 is 0 Å². The predicted molar refractivity (Wildman–Crippen MR) is 72.7 cm³/mol. The van der Waals surface area contributed by atoms with Crippen LogP contribution in [0.1, 0.15) is 11.3 Å². The van der Waals surface area contributed by atoms with Crippen molar-refractivity contribution >= 4 is 28.6 Å². The van der Waals surface area contributed by atoms with Gasteiger partial charge in [0.05, 0.1) is 0 Å². The van der Waals surface area contributed by atoms with Gasteiger partial charge in [-0.05, 0) is 30.2 Å². The number of primary amides is 1. The van der Waals surface area contributed by atoms with Crippen molar-refractivity contribution in [2.24, 2.45) is 5.73 Å². The molecule has 1 aliphatic rings. The maximum Gasteiger partial charge on any atom is 0.248 e. The molecule has 2 aromatic rings. The fourth-order valence-electron chi connectivity index (χ4n) is 2.30. The Morgan fingerprint density at radius 3 is 2.94 bits per heavy atom. The van der Waals surface area contributed by atoms with Gasteiger partial charge >= 0.3 is 0 Å². The number of rotatable bonds is 1. The highest BCUT2D eigenvalue weighted by Gasteiger charge is 2.13. The normalized spacial score (nSPS) is 14.1. The lowest BCUT2D eigenvalue weighted by Gasteiger charge is -1.96. The van der Waals surface area contributed by atoms with E-state index in [4.69, 9.17) is 11.5 Å². The fraction of sp³-hybridized carbons (Fsp3) is 0.0714. The average molecular weight is 239 g/mol. The van der Waals surface area contributed by atoms with Crippen LogP contribution in [0.4, 0.5) is 5.69 Å². The van der Waals surface area contributed by atoms with Crippen LogP contribution < -0.4 is 11.5 Å². The third-order valence-electron chi connectivity index (χ3n) is 3.17. The Hall–Kier alpha value is -2.49. The third-order valence-corrected chi connectivity index (χ3v) is 3.17. The van der Waals surface area contributed by atoms with E-state index in [2.05, 4.69) is 4.98 Å². The molecule has 1 aromatic heterocycles. The van der Waals surface area contributed by atoms with Crippen LogP contribution in [0.2, 0.25) is 0 Å². The van der Waals surface area contributed by atoms with Crippen molar-refractivity contribution in [3.63, 3.8) is 0 Å². The number of nitrogens with one attached hydrogen (secondary N) is 1. The van der Waals surface area contributed by atoms with Gasteiger partial charge in [0.2, 0.25) is 5.91 Å². The van der Waals surface area contributed by atoms with Crippen LogP contribution in [0, 0.1) is 0 Å². The zero-order chi connectivity index (χ0) is 12.7. The lowest BCUT2D eigenvalue weighted by molar-refractivity contribution is -0.114. The fourth-order valence-corrected chi connectivity index (χ4v) is 2.30. The van der Waals surface area contributed by atoms with E-state index in [1.807, 2.05) is 24.3 Å². The van der Waals surface area contributed by atoms with Crippen LogP contribution in [-0.2, 0) is 11.2 Å². The first-order valence-electron chi connectivity index (χ1n) is 5.73. The molecule has 0 atom stereocenters. The van der Waals surface area contributed by atoms with Crippen molar-refractivity contribution in [3.8, 4) is 0 Å². The first kappa shape index (κ1) is 10.7. The molecule has 90 valence electrons. The Bertz CT molecular complexity index is 707. The molecule has 1 heterocycles. The van der Waals surface area contributed by atoms with Gasteiger partial charge in [0.15, 0.2) is 0 Å². The van der Waals surface area contributed by atoms with Gasteiger partial charge in [-0.25, -0.2) is 0 Å². The van der Waals surface area contributed by atoms with Crippen molar-refractivity contribution < 1.29 is 4.79 Å². The van der Waals surface area contributed by atoms with Crippen molar-refractivity contribution in [3.05, 3.63) is 47.2 Å². The van der Waals surface area contributed by atoms with E-state index in [1.54, 1.807) is 12.2 Å². The summed E-state index contributed by atoms with van der Waals surface area (Å²) in [6.45, 7) is 0. The van der Waals surface area contributed by atoms with Crippen LogP contribution in [0.5, 0.6) is 0 Å². The second-order valence-electron chi connectivity index (χ2n) is 4.39. The summed E-state index contributed by atoms with van der Waals surface area (Å²) in [6.07, 6.45) is 6.27. The minimum Gasteiger partial charge on any atom is -0.399 e. The zero-order valence-electron chi connectivity index (χ0n) is 9.73. The minimum absolute atomic E-state index is 0.419. The molecule has 4 nitrogen and oxygen atoms in total. The average Bonchev–Trinajstić information content (AvgIpc) is 2.52. The number of nitrogen functional groups attached to an aromatic ring is 1. The summed E-state index contributed by atoms with van der Waals surface area (Å²) in [5, 5.41) is 1.13. The van der Waals surface area contributed by atoms with E-state index in [1.165, 1.54) is 0 Å². The number of aromatic nitrogens is 1. The quantitative estimate of drug-likeness (QED) is 0.662. The van der Waals surface area contributed by atoms with Gasteiger partial charge < -0.3 is 16.5 Å². The molecule has 0 bridgehead atoms. The van der Waals surface area contributed by atoms with Crippen LogP contribution in [-0.4, -0.2) is 10.9 Å². The highest BCUT2D eigenvalue weighted by molar-refractivity contribution is 6.01. The number of aromatic amines is 1. The van der Waals surface area contributed by atoms with E-state index in [9.17, 15) is 4.79 Å². The summed E-state index contributed by atoms with van der Waals surface area (Å²) in [7, 11) is 0. The van der Waals surface area contributed by atoms with Gasteiger partial charge in [-0.15, -0.1) is 0 Å². The Kier molecular flexibility index (Phi) is 2.23. The van der Waals surface area contributed by atoms with Crippen molar-refractivity contribution in [1.29, 1.82) is 0 Å². The number of nitrogens with two attached hydrogens (primary N) is 2. The lowest BCUT2D eigenvalue weighted by Crippen LogP contribution is -2.12. The molecule has 1 aliphatic carbocycles. The molecular formula is C14H13N3O. The lowest BCUT2D eigenvalue weighted by atomic mass is 10.1. The van der Waals surface area contributed by atoms with E-state index < -0.39 is 5.91 Å². The number of anilines is 1. The Morgan fingerprint density at radius 2 is 2.17 bits per heavy atom. The van der Waals surface area contributed by atoms with Gasteiger partial charge in [-0.2, -0.15) is 0 Å². The molecule has 5 N–H and O–H groups in total. The number of carbonyl (C=O) groups excluding carboxylic acids is 1. The van der Waals surface area contributed by atoms with Gasteiger partial charge in [0.1, 0.15) is 0 Å². The molecule has 4 heteroatoms. The number of hydrogen-bond acceptors (Lipinski definition) is 2. The van der Waals surface area contributed by atoms with Gasteiger partial charge in [-0.1, -0.05) is 18.2 Å². The second kappa shape index (κ2) is 3.77. The summed E-state index contributed by atoms with van der Waals surface area (Å²) < 4.78 is 0. The smallest absolute Gasteiger partial charge is 0.248 e. The summed E-state index contributed by atoms with van der Waals surface area (Å²) in [5.74, 6) is -0.419. The number of amides is 1. The highest BCUT2D eigenvalue weighted by atomic mass is 16.1.